The molecule has 0 amide bonds. The number of halogens is 2. The first-order valence-corrected chi connectivity index (χ1v) is 11.5. The Morgan fingerprint density at radius 2 is 2.00 bits per heavy atom. The highest BCUT2D eigenvalue weighted by Crippen LogP contribution is 2.31. The molecule has 3 N–H and O–H groups in total. The maximum absolute atomic E-state index is 12.7. The van der Waals surface area contributed by atoms with Crippen molar-refractivity contribution in [1.82, 2.24) is 9.29 Å². The summed E-state index contributed by atoms with van der Waals surface area (Å²) in [6, 6.07) is 4.71. The Labute approximate surface area is 171 Å². The molecule has 0 radical (unpaired) electrons. The summed E-state index contributed by atoms with van der Waals surface area (Å²) < 4.78 is 24.6. The van der Waals surface area contributed by atoms with E-state index in [0.717, 1.165) is 11.3 Å². The van der Waals surface area contributed by atoms with Gasteiger partial charge in [-0.05, 0) is 31.0 Å². The van der Waals surface area contributed by atoms with Crippen LogP contribution in [0.25, 0.3) is 0 Å². The van der Waals surface area contributed by atoms with E-state index >= 15 is 0 Å². The number of sulfonamides is 1. The number of carbonyl (C=O) groups excluding carboxylic acids is 1. The van der Waals surface area contributed by atoms with Crippen molar-refractivity contribution in [3.05, 3.63) is 38.7 Å². The number of rotatable bonds is 5. The molecule has 7 nitrogen and oxygen atoms in total. The van der Waals surface area contributed by atoms with Crippen LogP contribution in [0.2, 0.25) is 10.0 Å². The first-order chi connectivity index (χ1) is 12.6. The number of nitrogens with zero attached hydrogens (tertiary/aromatic N) is 2. The molecule has 0 atom stereocenters. The lowest BCUT2D eigenvalue weighted by Gasteiger charge is -2.30. The third kappa shape index (κ3) is 4.72. The van der Waals surface area contributed by atoms with E-state index in [1.807, 2.05) is 0 Å². The predicted molar refractivity (Wildman–Crippen MR) is 109 cm³/mol. The zero-order valence-electron chi connectivity index (χ0n) is 14.4. The molecule has 2 heterocycles. The van der Waals surface area contributed by atoms with Gasteiger partial charge in [-0.25, -0.2) is 17.7 Å². The first kappa shape index (κ1) is 20.3. The predicted octanol–water partition coefficient (Wildman–Crippen LogP) is 3.10. The normalized spacial score (nSPS) is 16.4. The largest absolute Gasteiger partial charge is 0.382 e. The summed E-state index contributed by atoms with van der Waals surface area (Å²) in [6.45, 7) is 0.896. The molecule has 11 heteroatoms. The Kier molecular flexibility index (Phi) is 5.97. The van der Waals surface area contributed by atoms with E-state index in [-0.39, 0.29) is 22.7 Å². The van der Waals surface area contributed by atoms with Gasteiger partial charge in [0.1, 0.15) is 10.7 Å². The number of carbonyl (C=O) groups is 1. The molecule has 1 aromatic heterocycles. The number of anilines is 2. The maximum Gasteiger partial charge on any atom is 0.211 e. The zero-order valence-corrected chi connectivity index (χ0v) is 17.6. The number of nitrogens with one attached hydrogen (secondary N) is 1. The fraction of sp³-hybridized carbons (Fsp3) is 0.375. The minimum absolute atomic E-state index is 0.0654. The maximum atomic E-state index is 12.7. The number of hydrogen-bond donors (Lipinski definition) is 2. The molecule has 0 bridgehead atoms. The van der Waals surface area contributed by atoms with Crippen LogP contribution >= 0.6 is 34.5 Å². The van der Waals surface area contributed by atoms with E-state index in [9.17, 15) is 13.2 Å². The molecule has 1 fully saturated rings. The molecule has 1 aromatic carbocycles. The van der Waals surface area contributed by atoms with Gasteiger partial charge < -0.3 is 11.1 Å². The SMILES string of the molecule is CS(=O)(=O)N1CCC(Nc2nc(N)c(C(=O)c3ccc(Cl)cc3Cl)s2)CC1. The minimum atomic E-state index is -3.17. The van der Waals surface area contributed by atoms with Crippen molar-refractivity contribution in [2.75, 3.05) is 30.4 Å². The fourth-order valence-electron chi connectivity index (χ4n) is 2.86. The van der Waals surface area contributed by atoms with E-state index in [0.29, 0.717) is 46.5 Å². The Morgan fingerprint density at radius 1 is 1.33 bits per heavy atom. The molecule has 27 heavy (non-hydrogen) atoms. The van der Waals surface area contributed by atoms with Crippen molar-refractivity contribution in [2.24, 2.45) is 0 Å². The third-order valence-corrected chi connectivity index (χ3v) is 7.14. The number of nitrogen functional groups attached to an aromatic ring is 1. The lowest BCUT2D eigenvalue weighted by molar-refractivity contribution is 0.104. The van der Waals surface area contributed by atoms with Crippen molar-refractivity contribution in [3.63, 3.8) is 0 Å². The standard InChI is InChI=1S/C16H18Cl2N4O3S2/c1-27(24,25)22-6-4-10(5-7-22)20-16-21-15(19)14(26-16)13(23)11-3-2-9(17)8-12(11)18/h2-3,8,10H,4-7,19H2,1H3,(H,20,21). The Hall–Kier alpha value is -1.39. The van der Waals surface area contributed by atoms with E-state index < -0.39 is 10.0 Å². The van der Waals surface area contributed by atoms with Gasteiger partial charge in [0.25, 0.3) is 0 Å². The van der Waals surface area contributed by atoms with Crippen LogP contribution in [0.1, 0.15) is 28.1 Å². The topological polar surface area (TPSA) is 105 Å². The van der Waals surface area contributed by atoms with Crippen molar-refractivity contribution in [2.45, 2.75) is 18.9 Å². The number of hydrogen-bond acceptors (Lipinski definition) is 7. The van der Waals surface area contributed by atoms with Gasteiger partial charge in [0.15, 0.2) is 5.13 Å². The first-order valence-electron chi connectivity index (χ1n) is 8.13. The molecular weight excluding hydrogens is 431 g/mol. The van der Waals surface area contributed by atoms with Gasteiger partial charge in [0.2, 0.25) is 15.8 Å². The molecule has 0 aliphatic carbocycles. The highest BCUT2D eigenvalue weighted by Gasteiger charge is 2.26. The molecular formula is C16H18Cl2N4O3S2. The molecule has 1 aliphatic heterocycles. The lowest BCUT2D eigenvalue weighted by Crippen LogP contribution is -2.41. The van der Waals surface area contributed by atoms with Crippen molar-refractivity contribution < 1.29 is 13.2 Å². The average molecular weight is 449 g/mol. The summed E-state index contributed by atoms with van der Waals surface area (Å²) in [5.74, 6) is -0.182. The summed E-state index contributed by atoms with van der Waals surface area (Å²) in [5.41, 5.74) is 6.24. The van der Waals surface area contributed by atoms with Crippen LogP contribution in [0, 0.1) is 0 Å². The van der Waals surface area contributed by atoms with E-state index in [4.69, 9.17) is 28.9 Å². The molecule has 3 rings (SSSR count). The van der Waals surface area contributed by atoms with Gasteiger partial charge in [0.05, 0.1) is 11.3 Å². The van der Waals surface area contributed by atoms with Gasteiger partial charge in [-0.3, -0.25) is 4.79 Å². The smallest absolute Gasteiger partial charge is 0.211 e. The number of thiazole rings is 1. The number of nitrogens with two attached hydrogens (primary N) is 1. The second kappa shape index (κ2) is 7.92. The Morgan fingerprint density at radius 3 is 2.59 bits per heavy atom. The molecule has 0 unspecified atom stereocenters. The van der Waals surface area contributed by atoms with Crippen LogP contribution in [0.5, 0.6) is 0 Å². The van der Waals surface area contributed by atoms with E-state index in [1.165, 1.54) is 16.6 Å². The molecule has 1 aliphatic rings. The van der Waals surface area contributed by atoms with Crippen molar-refractivity contribution in [1.29, 1.82) is 0 Å². The summed E-state index contributed by atoms with van der Waals surface area (Å²) in [6.07, 6.45) is 2.51. The number of ketones is 1. The fourth-order valence-corrected chi connectivity index (χ4v) is 5.14. The van der Waals surface area contributed by atoms with Gasteiger partial charge in [-0.15, -0.1) is 0 Å². The molecule has 2 aromatic rings. The Bertz CT molecular complexity index is 970. The Balaban J connectivity index is 1.71. The summed E-state index contributed by atoms with van der Waals surface area (Å²) >= 11 is 13.1. The van der Waals surface area contributed by atoms with E-state index in [2.05, 4.69) is 10.3 Å². The van der Waals surface area contributed by atoms with Crippen LogP contribution in [0.15, 0.2) is 18.2 Å². The summed E-state index contributed by atoms with van der Waals surface area (Å²) in [7, 11) is -3.17. The molecule has 146 valence electrons. The number of piperidine rings is 1. The highest BCUT2D eigenvalue weighted by atomic mass is 35.5. The minimum Gasteiger partial charge on any atom is -0.382 e. The summed E-state index contributed by atoms with van der Waals surface area (Å²) in [5, 5.41) is 4.46. The third-order valence-electron chi connectivity index (χ3n) is 4.29. The lowest BCUT2D eigenvalue weighted by atomic mass is 10.1. The van der Waals surface area contributed by atoms with Crippen LogP contribution in [0.3, 0.4) is 0 Å². The van der Waals surface area contributed by atoms with Gasteiger partial charge in [-0.2, -0.15) is 0 Å². The second-order valence-corrected chi connectivity index (χ2v) is 10.1. The van der Waals surface area contributed by atoms with Gasteiger partial charge in [0, 0.05) is 29.7 Å². The monoisotopic (exact) mass is 448 g/mol. The second-order valence-electron chi connectivity index (χ2n) is 6.27. The van der Waals surface area contributed by atoms with Gasteiger partial charge >= 0.3 is 0 Å². The average Bonchev–Trinajstić information content (AvgIpc) is 2.94. The summed E-state index contributed by atoms with van der Waals surface area (Å²) in [4.78, 5) is 17.3. The van der Waals surface area contributed by atoms with Gasteiger partial charge in [-0.1, -0.05) is 34.5 Å². The van der Waals surface area contributed by atoms with Crippen LogP contribution < -0.4 is 11.1 Å². The van der Waals surface area contributed by atoms with Crippen LogP contribution in [0.4, 0.5) is 10.9 Å². The highest BCUT2D eigenvalue weighted by molar-refractivity contribution is 7.88. The number of benzene rings is 1. The van der Waals surface area contributed by atoms with Crippen molar-refractivity contribution in [3.8, 4) is 0 Å². The zero-order chi connectivity index (χ0) is 19.8. The molecule has 0 saturated carbocycles. The number of aromatic nitrogens is 1. The molecule has 0 spiro atoms. The van der Waals surface area contributed by atoms with E-state index in [1.54, 1.807) is 12.1 Å². The molecule has 1 saturated heterocycles. The van der Waals surface area contributed by atoms with Crippen LogP contribution in [-0.4, -0.2) is 48.9 Å². The quantitative estimate of drug-likeness (QED) is 0.680. The van der Waals surface area contributed by atoms with Crippen molar-refractivity contribution >= 4 is 61.3 Å². The van der Waals surface area contributed by atoms with Crippen LogP contribution in [-0.2, 0) is 10.0 Å².